The first-order chi connectivity index (χ1) is 9.95. The highest BCUT2D eigenvalue weighted by atomic mass is 16.5. The smallest absolute Gasteiger partial charge is 0.326 e. The van der Waals surface area contributed by atoms with Crippen LogP contribution in [0.15, 0.2) is 0 Å². The highest BCUT2D eigenvalue weighted by molar-refractivity contribution is 5.83. The molecular formula is C13H23N3O5. The van der Waals surface area contributed by atoms with Gasteiger partial charge in [0.25, 0.3) is 0 Å². The van der Waals surface area contributed by atoms with Crippen molar-refractivity contribution in [3.63, 3.8) is 0 Å². The van der Waals surface area contributed by atoms with Gasteiger partial charge in [0.2, 0.25) is 0 Å². The quantitative estimate of drug-likeness (QED) is 0.586. The fraction of sp³-hybridized carbons (Fsp3) is 0.769. The van der Waals surface area contributed by atoms with E-state index in [2.05, 4.69) is 15.4 Å². The van der Waals surface area contributed by atoms with Crippen molar-refractivity contribution in [2.24, 2.45) is 0 Å². The average Bonchev–Trinajstić information content (AvgIpc) is 2.50. The summed E-state index contributed by atoms with van der Waals surface area (Å²) in [4.78, 5) is 35.8. The standard InChI is InChI=1S/C13H23N3O5/c1-16(9-5-7-14-8-6-9)13(20)15-10(12(18)19)3-4-11(17)21-2/h9-10,14H,3-8H2,1-2H3,(H,15,20)(H,18,19)/t10-/m1/s1. The van der Waals surface area contributed by atoms with Crippen molar-refractivity contribution in [3.05, 3.63) is 0 Å². The van der Waals surface area contributed by atoms with E-state index < -0.39 is 24.0 Å². The van der Waals surface area contributed by atoms with Crippen LogP contribution in [0.4, 0.5) is 4.79 Å². The van der Waals surface area contributed by atoms with Crippen LogP contribution in [0.3, 0.4) is 0 Å². The number of nitrogens with zero attached hydrogens (tertiary/aromatic N) is 1. The van der Waals surface area contributed by atoms with Crippen LogP contribution in [-0.2, 0) is 14.3 Å². The lowest BCUT2D eigenvalue weighted by molar-refractivity contribution is -0.142. The molecule has 3 N–H and O–H groups in total. The Labute approximate surface area is 123 Å². The Morgan fingerprint density at radius 2 is 2.00 bits per heavy atom. The molecule has 0 bridgehead atoms. The highest BCUT2D eigenvalue weighted by Crippen LogP contribution is 2.10. The number of hydrogen-bond donors (Lipinski definition) is 3. The Balaban J connectivity index is 2.50. The summed E-state index contributed by atoms with van der Waals surface area (Å²) in [5.74, 6) is -1.66. The molecule has 0 saturated carbocycles. The third-order valence-electron chi connectivity index (χ3n) is 3.64. The molecule has 1 fully saturated rings. The van der Waals surface area contributed by atoms with Crippen molar-refractivity contribution in [1.29, 1.82) is 0 Å². The number of ether oxygens (including phenoxy) is 1. The molecule has 0 aliphatic carbocycles. The number of carbonyl (C=O) groups is 3. The molecule has 0 aromatic rings. The molecule has 120 valence electrons. The van der Waals surface area contributed by atoms with Gasteiger partial charge in [-0.25, -0.2) is 9.59 Å². The van der Waals surface area contributed by atoms with Crippen LogP contribution in [0, 0.1) is 0 Å². The van der Waals surface area contributed by atoms with Gasteiger partial charge in [-0.2, -0.15) is 0 Å². The lowest BCUT2D eigenvalue weighted by atomic mass is 10.1. The molecule has 0 unspecified atom stereocenters. The minimum absolute atomic E-state index is 0.00775. The van der Waals surface area contributed by atoms with Gasteiger partial charge in [-0.15, -0.1) is 0 Å². The van der Waals surface area contributed by atoms with Gasteiger partial charge in [0, 0.05) is 19.5 Å². The predicted molar refractivity (Wildman–Crippen MR) is 74.9 cm³/mol. The Morgan fingerprint density at radius 3 is 2.52 bits per heavy atom. The molecule has 0 spiro atoms. The maximum absolute atomic E-state index is 12.1. The average molecular weight is 301 g/mol. The number of rotatable bonds is 6. The number of piperidine rings is 1. The van der Waals surface area contributed by atoms with Gasteiger partial charge in [-0.3, -0.25) is 4.79 Å². The van der Waals surface area contributed by atoms with E-state index in [4.69, 9.17) is 5.11 Å². The molecule has 1 rings (SSSR count). The maximum Gasteiger partial charge on any atom is 0.326 e. The van der Waals surface area contributed by atoms with Crippen molar-refractivity contribution in [2.75, 3.05) is 27.2 Å². The molecule has 2 amide bonds. The molecule has 1 aliphatic rings. The Kier molecular flexibility index (Phi) is 6.93. The van der Waals surface area contributed by atoms with Crippen molar-refractivity contribution < 1.29 is 24.2 Å². The lowest BCUT2D eigenvalue weighted by Gasteiger charge is -2.32. The number of hydrogen-bond acceptors (Lipinski definition) is 5. The zero-order valence-corrected chi connectivity index (χ0v) is 12.4. The minimum Gasteiger partial charge on any atom is -0.480 e. The van der Waals surface area contributed by atoms with Crippen LogP contribution in [-0.4, -0.2) is 67.3 Å². The second-order valence-electron chi connectivity index (χ2n) is 5.05. The molecule has 8 heteroatoms. The van der Waals surface area contributed by atoms with Crippen LogP contribution >= 0.6 is 0 Å². The number of aliphatic carboxylic acids is 1. The first-order valence-corrected chi connectivity index (χ1v) is 6.99. The zero-order valence-electron chi connectivity index (χ0n) is 12.4. The van der Waals surface area contributed by atoms with Gasteiger partial charge in [-0.05, 0) is 32.4 Å². The summed E-state index contributed by atoms with van der Waals surface area (Å²) in [6.45, 7) is 1.68. The van der Waals surface area contributed by atoms with E-state index in [9.17, 15) is 14.4 Å². The molecule has 1 saturated heterocycles. The van der Waals surface area contributed by atoms with E-state index in [0.29, 0.717) is 0 Å². The third-order valence-corrected chi connectivity index (χ3v) is 3.64. The number of carbonyl (C=O) groups excluding carboxylic acids is 2. The summed E-state index contributed by atoms with van der Waals surface area (Å²) < 4.78 is 4.47. The molecule has 1 heterocycles. The van der Waals surface area contributed by atoms with Crippen molar-refractivity contribution >= 4 is 18.0 Å². The molecule has 1 aliphatic heterocycles. The second kappa shape index (κ2) is 8.46. The van der Waals surface area contributed by atoms with E-state index in [1.165, 1.54) is 12.0 Å². The Morgan fingerprint density at radius 1 is 1.38 bits per heavy atom. The highest BCUT2D eigenvalue weighted by Gasteiger charge is 2.26. The fourth-order valence-electron chi connectivity index (χ4n) is 2.23. The summed E-state index contributed by atoms with van der Waals surface area (Å²) >= 11 is 0. The topological polar surface area (TPSA) is 108 Å². The van der Waals surface area contributed by atoms with Gasteiger partial charge < -0.3 is 25.4 Å². The molecule has 0 aromatic heterocycles. The predicted octanol–water partition coefficient (Wildman–Crippen LogP) is -0.214. The number of carboxylic acid groups (broad SMARTS) is 1. The number of methoxy groups -OCH3 is 1. The van der Waals surface area contributed by atoms with Crippen molar-refractivity contribution in [2.45, 2.75) is 37.8 Å². The van der Waals surface area contributed by atoms with E-state index >= 15 is 0 Å². The SMILES string of the molecule is COC(=O)CC[C@@H](NC(=O)N(C)C1CCNCC1)C(=O)O. The van der Waals surface area contributed by atoms with Crippen molar-refractivity contribution in [1.82, 2.24) is 15.5 Å². The Bertz CT molecular complexity index is 382. The number of esters is 1. The van der Waals surface area contributed by atoms with Crippen LogP contribution < -0.4 is 10.6 Å². The molecular weight excluding hydrogens is 278 g/mol. The van der Waals surface area contributed by atoms with Gasteiger partial charge in [0.15, 0.2) is 0 Å². The summed E-state index contributed by atoms with van der Waals surface area (Å²) in [5.41, 5.74) is 0. The minimum atomic E-state index is -1.16. The monoisotopic (exact) mass is 301 g/mol. The van der Waals surface area contributed by atoms with E-state index in [1.54, 1.807) is 7.05 Å². The van der Waals surface area contributed by atoms with Gasteiger partial charge >= 0.3 is 18.0 Å². The van der Waals surface area contributed by atoms with Crippen molar-refractivity contribution in [3.8, 4) is 0 Å². The maximum atomic E-state index is 12.1. The fourth-order valence-corrected chi connectivity index (χ4v) is 2.23. The number of amides is 2. The van der Waals surface area contributed by atoms with Gasteiger partial charge in [0.05, 0.1) is 7.11 Å². The number of carboxylic acids is 1. The first kappa shape index (κ1) is 17.2. The normalized spacial score (nSPS) is 16.9. The Hall–Kier alpha value is -1.83. The number of urea groups is 1. The molecule has 8 nitrogen and oxygen atoms in total. The zero-order chi connectivity index (χ0) is 15.8. The van der Waals surface area contributed by atoms with Crippen LogP contribution in [0.5, 0.6) is 0 Å². The van der Waals surface area contributed by atoms with E-state index in [0.717, 1.165) is 25.9 Å². The van der Waals surface area contributed by atoms with E-state index in [-0.39, 0.29) is 18.9 Å². The van der Waals surface area contributed by atoms with E-state index in [1.807, 2.05) is 0 Å². The molecule has 0 aromatic carbocycles. The van der Waals surface area contributed by atoms with Gasteiger partial charge in [0.1, 0.15) is 6.04 Å². The summed E-state index contributed by atoms with van der Waals surface area (Å²) in [5, 5.41) is 14.8. The number of nitrogens with one attached hydrogen (secondary N) is 2. The lowest BCUT2D eigenvalue weighted by Crippen LogP contribution is -2.52. The summed E-state index contributed by atoms with van der Waals surface area (Å²) in [6.07, 6.45) is 1.63. The van der Waals surface area contributed by atoms with Crippen LogP contribution in [0.1, 0.15) is 25.7 Å². The first-order valence-electron chi connectivity index (χ1n) is 6.99. The second-order valence-corrected chi connectivity index (χ2v) is 5.05. The van der Waals surface area contributed by atoms with Gasteiger partial charge in [-0.1, -0.05) is 0 Å². The molecule has 0 radical (unpaired) electrons. The largest absolute Gasteiger partial charge is 0.480 e. The van der Waals surface area contributed by atoms with Crippen LogP contribution in [0.2, 0.25) is 0 Å². The molecule has 21 heavy (non-hydrogen) atoms. The summed E-state index contributed by atoms with van der Waals surface area (Å²) in [6, 6.07) is -1.43. The third kappa shape index (κ3) is 5.58. The van der Waals surface area contributed by atoms with Crippen LogP contribution in [0.25, 0.3) is 0 Å². The summed E-state index contributed by atoms with van der Waals surface area (Å²) in [7, 11) is 2.89. The molecule has 1 atom stereocenters.